The lowest BCUT2D eigenvalue weighted by Gasteiger charge is -2.35. The van der Waals surface area contributed by atoms with E-state index in [2.05, 4.69) is 20.4 Å². The molecule has 1 N–H and O–H groups in total. The van der Waals surface area contributed by atoms with Crippen molar-refractivity contribution in [1.82, 2.24) is 20.0 Å². The highest BCUT2D eigenvalue weighted by Gasteiger charge is 2.54. The molecule has 4 aromatic rings. The van der Waals surface area contributed by atoms with Gasteiger partial charge in [-0.3, -0.25) is 38.4 Å². The summed E-state index contributed by atoms with van der Waals surface area (Å²) in [7, 11) is 0. The maximum Gasteiger partial charge on any atom is 0.255 e. The molecule has 8 aliphatic rings. The lowest BCUT2D eigenvalue weighted by Crippen LogP contribution is -2.44. The van der Waals surface area contributed by atoms with Crippen molar-refractivity contribution >= 4 is 80.9 Å². The Balaban J connectivity index is 0.000000146. The Bertz CT molecular complexity index is 3430. The lowest BCUT2D eigenvalue weighted by atomic mass is 9.67. The first-order valence-electron chi connectivity index (χ1n) is 33.7. The van der Waals surface area contributed by atoms with E-state index in [0.717, 1.165) is 99.9 Å². The number of hydrogen-bond acceptors (Lipinski definition) is 14. The molecule has 4 atom stereocenters. The van der Waals surface area contributed by atoms with Crippen LogP contribution in [0.3, 0.4) is 0 Å². The van der Waals surface area contributed by atoms with Crippen molar-refractivity contribution in [2.45, 2.75) is 184 Å². The molecule has 5 heterocycles. The van der Waals surface area contributed by atoms with E-state index >= 15 is 0 Å². The van der Waals surface area contributed by atoms with E-state index in [9.17, 15) is 47.9 Å². The normalized spacial score (nSPS) is 25.5. The van der Waals surface area contributed by atoms with Gasteiger partial charge in [0.2, 0.25) is 0 Å². The number of benzene rings is 3. The molecule has 3 unspecified atom stereocenters. The first-order chi connectivity index (χ1) is 44.4. The fourth-order valence-electron chi connectivity index (χ4n) is 15.3. The minimum absolute atomic E-state index is 0.000444. The van der Waals surface area contributed by atoms with E-state index in [0.29, 0.717) is 34.4 Å². The van der Waals surface area contributed by atoms with E-state index in [1.54, 1.807) is 36.4 Å². The molecule has 1 aromatic heterocycles. The van der Waals surface area contributed by atoms with Crippen molar-refractivity contribution in [1.29, 1.82) is 0 Å². The lowest BCUT2D eigenvalue weighted by molar-refractivity contribution is -0.138. The Morgan fingerprint density at radius 3 is 1.03 bits per heavy atom. The smallest absolute Gasteiger partial charge is 0.255 e. The molecule has 4 aliphatic carbocycles. The quantitative estimate of drug-likeness (QED) is 0.105. The zero-order chi connectivity index (χ0) is 66.8. The molecule has 4 fully saturated rings. The summed E-state index contributed by atoms with van der Waals surface area (Å²) < 4.78 is 13.3. The zero-order valence-corrected chi connectivity index (χ0v) is 56.4. The second kappa shape index (κ2) is 30.2. The fraction of sp³-hybridized carbons (Fsp3) is 0.541. The van der Waals surface area contributed by atoms with E-state index in [4.69, 9.17) is 0 Å². The van der Waals surface area contributed by atoms with Crippen molar-refractivity contribution in [3.8, 4) is 5.75 Å². The monoisotopic (exact) mass is 1290 g/mol. The average Bonchev–Trinajstić information content (AvgIpc) is 1.67. The summed E-state index contributed by atoms with van der Waals surface area (Å²) in [5.41, 5.74) is 3.02. The Hall–Kier alpha value is -7.67. The van der Waals surface area contributed by atoms with Gasteiger partial charge >= 0.3 is 0 Å². The minimum Gasteiger partial charge on any atom is -0.508 e. The summed E-state index contributed by atoms with van der Waals surface area (Å²) in [5, 5.41) is 36.2. The molecule has 93 heavy (non-hydrogen) atoms. The summed E-state index contributed by atoms with van der Waals surface area (Å²) in [6, 6.07) is 22.6. The minimum atomic E-state index is -0.608. The number of rotatable bonds is 16. The van der Waals surface area contributed by atoms with E-state index < -0.39 is 27.5 Å². The number of aromatic hydroxyl groups is 1. The number of nitrogens with zero attached hydrogens (tertiary/aromatic N) is 8. The van der Waals surface area contributed by atoms with Gasteiger partial charge in [-0.05, 0) is 166 Å². The molecule has 0 radical (unpaired) electrons. The molecule has 3 aromatic carbocycles. The number of Topliss-reactive ketones (excluding diaryl/α,β-unsaturated/α-hetero) is 4. The molecular weight excluding hydrogens is 1200 g/mol. The second-order valence-corrected chi connectivity index (χ2v) is 28.3. The van der Waals surface area contributed by atoms with Gasteiger partial charge in [0.05, 0.1) is 44.5 Å². The van der Waals surface area contributed by atoms with Gasteiger partial charge in [-0.1, -0.05) is 132 Å². The van der Waals surface area contributed by atoms with Crippen LogP contribution in [0.25, 0.3) is 0 Å². The summed E-state index contributed by atoms with van der Waals surface area (Å²) in [5.74, 6) is 0.0889. The summed E-state index contributed by atoms with van der Waals surface area (Å²) in [6.07, 6.45) is 22.8. The number of phenolic OH excluding ortho intramolecular Hbond substituents is 1. The molecule has 496 valence electrons. The Morgan fingerprint density at radius 1 is 0.419 bits per heavy atom. The molecule has 4 amide bonds. The summed E-state index contributed by atoms with van der Waals surface area (Å²) in [6.45, 7) is 15.4. The number of carbonyl (C=O) groups is 8. The van der Waals surface area contributed by atoms with Gasteiger partial charge in [-0.25, -0.2) is 24.4 Å². The molecule has 0 spiro atoms. The first-order valence-corrected chi connectivity index (χ1v) is 34.6. The number of hydrogen-bond donors (Lipinski definition) is 1. The van der Waals surface area contributed by atoms with Crippen LogP contribution >= 0.6 is 11.3 Å². The average molecular weight is 1290 g/mol. The number of amides is 4. The number of hydrazone groups is 4. The third-order valence-electron chi connectivity index (χ3n) is 21.9. The number of thiophene rings is 1. The fourth-order valence-corrected chi connectivity index (χ4v) is 16.0. The van der Waals surface area contributed by atoms with Gasteiger partial charge in [0, 0.05) is 27.6 Å². The number of halogens is 1. The van der Waals surface area contributed by atoms with Crippen LogP contribution < -0.4 is 0 Å². The molecule has 17 nitrogen and oxygen atoms in total. The standard InChI is InChI=1S/C19H23FN2O2.C19H24N2O3.C19H24N2O2.C17H22N2O2S/c1-13-19(2,15-8-4-3-5-9-15)18(24)22(21-13)12-17(23)14-7-6-10-16(20)11-14;1-13-19(2,15-8-4-3-5-9-15)18(24)21(20-13)12-17(23)14-7-6-10-16(22)11-14;1-14-19(2,16-11-7-4-8-12-16)18(23)21(20-14)13-17(22)15-9-5-3-6-10-15;1-12-17(2,14-6-4-3-5-7-14)16(21)19(18-12)10-15(20)13-8-9-22-11-13/h6-7,10-11,15H,3-5,8-9,12H2,1-2H3;6-7,10-11,15,22H,3-5,8-9,12H2,1-2H3;3,5-6,9-10,16H,4,7-8,11-13H2,1-2H3;8-9,11,14H,3-7,10H2,1-2H3/t;;19-;/m..0./s1. The van der Waals surface area contributed by atoms with E-state index in [1.807, 2.05) is 84.3 Å². The molecule has 12 rings (SSSR count). The van der Waals surface area contributed by atoms with Gasteiger partial charge in [0.15, 0.2) is 23.1 Å². The highest BCUT2D eigenvalue weighted by atomic mass is 32.1. The molecular formula is C74H93FN8O9S. The van der Waals surface area contributed by atoms with Gasteiger partial charge < -0.3 is 5.11 Å². The predicted molar refractivity (Wildman–Crippen MR) is 361 cm³/mol. The molecule has 4 aliphatic heterocycles. The van der Waals surface area contributed by atoms with Gasteiger partial charge in [-0.15, -0.1) is 0 Å². The van der Waals surface area contributed by atoms with Crippen molar-refractivity contribution in [2.75, 3.05) is 26.2 Å². The SMILES string of the molecule is CC1=NN(CC(=O)c2cccc(F)c2)C(=O)C1(C)C1CCCCC1.CC1=NN(CC(=O)c2cccc(O)c2)C(=O)C1(C)C1CCCCC1.CC1=NN(CC(=O)c2ccccc2)C(=O)[C@]1(C)C1CCCCC1.CC1=NN(CC(=O)c2ccsc2)C(=O)C1(C)C1CCCCC1. The second-order valence-electron chi connectivity index (χ2n) is 27.5. The third-order valence-corrected chi connectivity index (χ3v) is 22.6. The Labute approximate surface area is 551 Å². The third kappa shape index (κ3) is 15.0. The maximum atomic E-state index is 13.3. The van der Waals surface area contributed by atoms with Crippen LogP contribution in [0, 0.1) is 51.1 Å². The van der Waals surface area contributed by atoms with Crippen LogP contribution in [0.2, 0.25) is 0 Å². The van der Waals surface area contributed by atoms with Crippen LogP contribution in [0.4, 0.5) is 4.39 Å². The number of ketones is 4. The maximum absolute atomic E-state index is 13.3. The predicted octanol–water partition coefficient (Wildman–Crippen LogP) is 14.6. The Kier molecular flexibility index (Phi) is 22.6. The topological polar surface area (TPSA) is 219 Å². The van der Waals surface area contributed by atoms with Gasteiger partial charge in [0.1, 0.15) is 37.7 Å². The van der Waals surface area contributed by atoms with E-state index in [1.165, 1.54) is 113 Å². The molecule has 4 saturated carbocycles. The molecule has 0 bridgehead atoms. The van der Waals surface area contributed by atoms with Gasteiger partial charge in [-0.2, -0.15) is 31.7 Å². The van der Waals surface area contributed by atoms with Gasteiger partial charge in [0.25, 0.3) is 23.6 Å². The highest BCUT2D eigenvalue weighted by Crippen LogP contribution is 2.48. The first kappa shape index (κ1) is 69.7. The number of phenols is 1. The van der Waals surface area contributed by atoms with Crippen molar-refractivity contribution < 1.29 is 47.9 Å². The van der Waals surface area contributed by atoms with Crippen LogP contribution in [-0.2, 0) is 19.2 Å². The largest absolute Gasteiger partial charge is 0.508 e. The van der Waals surface area contributed by atoms with Crippen LogP contribution in [-0.4, -0.2) is 121 Å². The van der Waals surface area contributed by atoms with Crippen LogP contribution in [0.5, 0.6) is 5.75 Å². The van der Waals surface area contributed by atoms with Crippen molar-refractivity contribution in [3.63, 3.8) is 0 Å². The zero-order valence-electron chi connectivity index (χ0n) is 55.6. The molecule has 0 saturated heterocycles. The van der Waals surface area contributed by atoms with Crippen molar-refractivity contribution in [2.24, 2.45) is 65.7 Å². The van der Waals surface area contributed by atoms with Crippen molar-refractivity contribution in [3.05, 3.63) is 124 Å². The molecule has 19 heteroatoms. The van der Waals surface area contributed by atoms with Crippen LogP contribution in [0.15, 0.2) is 116 Å². The summed E-state index contributed by atoms with van der Waals surface area (Å²) >= 11 is 1.49. The highest BCUT2D eigenvalue weighted by molar-refractivity contribution is 7.08. The number of carbonyl (C=O) groups excluding carboxylic acids is 8. The summed E-state index contributed by atoms with van der Waals surface area (Å²) in [4.78, 5) is 101. The Morgan fingerprint density at radius 2 is 0.720 bits per heavy atom. The van der Waals surface area contributed by atoms with Crippen LogP contribution in [0.1, 0.15) is 225 Å². The van der Waals surface area contributed by atoms with E-state index in [-0.39, 0.29) is 90.2 Å².